The third-order valence-electron chi connectivity index (χ3n) is 6.87. The summed E-state index contributed by atoms with van der Waals surface area (Å²) in [6.07, 6.45) is 0.354. The van der Waals surface area contributed by atoms with Crippen molar-refractivity contribution < 1.29 is 24.9 Å². The van der Waals surface area contributed by atoms with Crippen molar-refractivity contribution in [3.63, 3.8) is 0 Å². The lowest BCUT2D eigenvalue weighted by Gasteiger charge is -2.40. The summed E-state index contributed by atoms with van der Waals surface area (Å²) >= 11 is 3.03. The molecule has 36 heavy (non-hydrogen) atoms. The normalized spacial score (nSPS) is 26.1. The predicted octanol–water partition coefficient (Wildman–Crippen LogP) is 4.05. The van der Waals surface area contributed by atoms with Crippen LogP contribution < -0.4 is 5.32 Å². The number of thiophene rings is 1. The van der Waals surface area contributed by atoms with E-state index in [0.29, 0.717) is 11.6 Å². The summed E-state index contributed by atoms with van der Waals surface area (Å²) in [5, 5.41) is 34.1. The molecule has 1 amide bonds. The number of aliphatic hydroxyl groups excluding tert-OH is 3. The number of nitrogens with one attached hydrogen (secondary N) is 1. The van der Waals surface area contributed by atoms with E-state index in [1.54, 1.807) is 17.6 Å². The molecule has 1 aliphatic carbocycles. The summed E-state index contributed by atoms with van der Waals surface area (Å²) in [6.45, 7) is 2.06. The number of aryl methyl sites for hydroxylation is 1. The first-order valence-corrected chi connectivity index (χ1v) is 14.3. The highest BCUT2D eigenvalue weighted by molar-refractivity contribution is 7.99. The highest BCUT2D eigenvalue weighted by atomic mass is 32.2. The molecule has 1 aromatic heterocycles. The average molecular weight is 526 g/mol. The third-order valence-corrected chi connectivity index (χ3v) is 8.86. The zero-order valence-corrected chi connectivity index (χ0v) is 21.9. The molecule has 2 heterocycles. The van der Waals surface area contributed by atoms with E-state index in [-0.39, 0.29) is 5.91 Å². The van der Waals surface area contributed by atoms with E-state index >= 15 is 0 Å². The fourth-order valence-electron chi connectivity index (χ4n) is 4.48. The van der Waals surface area contributed by atoms with Crippen molar-refractivity contribution in [3.05, 3.63) is 81.7 Å². The fraction of sp³-hybridized carbons (Fsp3) is 0.393. The third kappa shape index (κ3) is 5.39. The number of thioether (sulfide) groups is 1. The first-order valence-electron chi connectivity index (χ1n) is 12.2. The minimum Gasteiger partial charge on any atom is -0.387 e. The first kappa shape index (κ1) is 25.4. The van der Waals surface area contributed by atoms with Gasteiger partial charge in [0, 0.05) is 27.8 Å². The van der Waals surface area contributed by atoms with Crippen molar-refractivity contribution >= 4 is 29.0 Å². The molecule has 5 rings (SSSR count). The number of amides is 1. The molecule has 4 N–H and O–H groups in total. The van der Waals surface area contributed by atoms with Crippen LogP contribution in [0.1, 0.15) is 50.9 Å². The Morgan fingerprint density at radius 3 is 2.47 bits per heavy atom. The first-order chi connectivity index (χ1) is 17.3. The van der Waals surface area contributed by atoms with Gasteiger partial charge in [0.25, 0.3) is 5.91 Å². The summed E-state index contributed by atoms with van der Waals surface area (Å²) < 4.78 is 5.95. The average Bonchev–Trinajstić information content (AvgIpc) is 3.58. The smallest absolute Gasteiger partial charge is 0.251 e. The number of hydrogen-bond donors (Lipinski definition) is 4. The summed E-state index contributed by atoms with van der Waals surface area (Å²) in [4.78, 5) is 14.6. The van der Waals surface area contributed by atoms with Gasteiger partial charge in [-0.1, -0.05) is 30.3 Å². The van der Waals surface area contributed by atoms with Crippen molar-refractivity contribution in [2.75, 3.05) is 6.26 Å². The fourth-order valence-corrected chi connectivity index (χ4v) is 6.18. The zero-order chi connectivity index (χ0) is 25.4. The van der Waals surface area contributed by atoms with Crippen LogP contribution in [-0.4, -0.2) is 57.3 Å². The molecule has 0 spiro atoms. The summed E-state index contributed by atoms with van der Waals surface area (Å²) in [7, 11) is 0. The lowest BCUT2D eigenvalue weighted by atomic mass is 9.92. The number of rotatable bonds is 7. The minimum absolute atomic E-state index is 0.00998. The van der Waals surface area contributed by atoms with E-state index in [1.807, 2.05) is 42.5 Å². The molecule has 0 bridgehead atoms. The number of benzene rings is 2. The monoisotopic (exact) mass is 525 g/mol. The lowest BCUT2D eigenvalue weighted by molar-refractivity contribution is -0.200. The van der Waals surface area contributed by atoms with Gasteiger partial charge in [-0.3, -0.25) is 4.79 Å². The van der Waals surface area contributed by atoms with Gasteiger partial charge < -0.3 is 25.4 Å². The van der Waals surface area contributed by atoms with E-state index in [9.17, 15) is 20.1 Å². The summed E-state index contributed by atoms with van der Waals surface area (Å²) in [5.74, 6) is -0.00998. The second-order valence-corrected chi connectivity index (χ2v) is 11.7. The molecule has 0 radical (unpaired) electrons. The van der Waals surface area contributed by atoms with E-state index < -0.39 is 29.9 Å². The molecule has 1 saturated carbocycles. The van der Waals surface area contributed by atoms with Gasteiger partial charge in [0.1, 0.15) is 29.9 Å². The molecule has 8 heteroatoms. The SMILES string of the molecule is CS[C@H]1OC(c2ccc(C)c(Cc3ccc(-c4ccc(C(=O)NC5CC5)cc4)s3)c2)[C@H](O)[C@@H](O)[C@@H]1O. The second kappa shape index (κ2) is 10.7. The van der Waals surface area contributed by atoms with Crippen LogP contribution in [0.5, 0.6) is 0 Å². The van der Waals surface area contributed by atoms with Crippen molar-refractivity contribution in [2.45, 2.75) is 62.1 Å². The molecule has 2 aliphatic rings. The van der Waals surface area contributed by atoms with Crippen LogP contribution in [0, 0.1) is 6.92 Å². The maximum Gasteiger partial charge on any atom is 0.251 e. The molecule has 2 fully saturated rings. The van der Waals surface area contributed by atoms with E-state index in [0.717, 1.165) is 46.4 Å². The van der Waals surface area contributed by atoms with Crippen molar-refractivity contribution in [3.8, 4) is 10.4 Å². The molecule has 3 aromatic rings. The Kier molecular flexibility index (Phi) is 7.53. The molecule has 1 saturated heterocycles. The van der Waals surface area contributed by atoms with Crippen molar-refractivity contribution in [1.82, 2.24) is 5.32 Å². The Morgan fingerprint density at radius 1 is 1.03 bits per heavy atom. The van der Waals surface area contributed by atoms with Crippen molar-refractivity contribution in [2.24, 2.45) is 0 Å². The Hall–Kier alpha value is -2.20. The van der Waals surface area contributed by atoms with Crippen molar-refractivity contribution in [1.29, 1.82) is 0 Å². The van der Waals surface area contributed by atoms with Gasteiger partial charge in [-0.25, -0.2) is 0 Å². The number of ether oxygens (including phenoxy) is 1. The van der Waals surface area contributed by atoms with Gasteiger partial charge in [-0.2, -0.15) is 0 Å². The highest BCUT2D eigenvalue weighted by Gasteiger charge is 2.44. The molecule has 6 nitrogen and oxygen atoms in total. The molecule has 190 valence electrons. The molecule has 1 aliphatic heterocycles. The largest absolute Gasteiger partial charge is 0.387 e. The van der Waals surface area contributed by atoms with Crippen LogP contribution in [0.2, 0.25) is 0 Å². The van der Waals surface area contributed by atoms with Gasteiger partial charge in [-0.15, -0.1) is 23.1 Å². The van der Waals surface area contributed by atoms with Gasteiger partial charge in [0.2, 0.25) is 0 Å². The Labute approximate surface area is 219 Å². The standard InChI is InChI=1S/C28H31NO5S2/c1-15-3-4-18(26-24(31)23(30)25(32)28(34-26)35-2)13-19(15)14-21-11-12-22(36-21)16-5-7-17(8-6-16)27(33)29-20-9-10-20/h3-8,11-13,20,23-26,28,30-32H,9-10,14H2,1-2H3,(H,29,33)/t23-,24-,25+,26?,28-/m1/s1. The van der Waals surface area contributed by atoms with Crippen LogP contribution >= 0.6 is 23.1 Å². The predicted molar refractivity (Wildman–Crippen MR) is 143 cm³/mol. The zero-order valence-electron chi connectivity index (χ0n) is 20.3. The maximum atomic E-state index is 12.3. The van der Waals surface area contributed by atoms with Gasteiger partial charge in [0.05, 0.1) is 0 Å². The Bertz CT molecular complexity index is 1220. The Morgan fingerprint density at radius 2 is 1.78 bits per heavy atom. The van der Waals surface area contributed by atoms with Gasteiger partial charge in [0.15, 0.2) is 0 Å². The molecular weight excluding hydrogens is 494 g/mol. The van der Waals surface area contributed by atoms with Crippen LogP contribution in [0.15, 0.2) is 54.6 Å². The van der Waals surface area contributed by atoms with E-state index in [4.69, 9.17) is 4.74 Å². The number of carbonyl (C=O) groups excluding carboxylic acids is 1. The second-order valence-electron chi connectivity index (χ2n) is 9.59. The highest BCUT2D eigenvalue weighted by Crippen LogP contribution is 2.37. The summed E-state index contributed by atoms with van der Waals surface area (Å²) in [6, 6.07) is 18.3. The van der Waals surface area contributed by atoms with E-state index in [2.05, 4.69) is 24.4 Å². The van der Waals surface area contributed by atoms with Gasteiger partial charge >= 0.3 is 0 Å². The number of carbonyl (C=O) groups is 1. The lowest BCUT2D eigenvalue weighted by Crippen LogP contribution is -2.52. The molecule has 5 atom stereocenters. The Balaban J connectivity index is 1.31. The number of hydrogen-bond acceptors (Lipinski definition) is 7. The van der Waals surface area contributed by atoms with Crippen LogP contribution in [0.25, 0.3) is 10.4 Å². The van der Waals surface area contributed by atoms with Crippen LogP contribution in [0.4, 0.5) is 0 Å². The maximum absolute atomic E-state index is 12.3. The quantitative estimate of drug-likeness (QED) is 0.372. The molecular formula is C28H31NO5S2. The van der Waals surface area contributed by atoms with Crippen LogP contribution in [-0.2, 0) is 11.2 Å². The van der Waals surface area contributed by atoms with Crippen LogP contribution in [0.3, 0.4) is 0 Å². The topological polar surface area (TPSA) is 99.0 Å². The molecule has 1 unspecified atom stereocenters. The van der Waals surface area contributed by atoms with E-state index in [1.165, 1.54) is 16.6 Å². The number of aliphatic hydroxyl groups is 3. The summed E-state index contributed by atoms with van der Waals surface area (Å²) in [5.41, 5.74) is 4.18. The molecule has 2 aromatic carbocycles. The minimum atomic E-state index is -1.27. The van der Waals surface area contributed by atoms with Gasteiger partial charge in [-0.05, 0) is 72.5 Å².